The first-order chi connectivity index (χ1) is 6.75. The van der Waals surface area contributed by atoms with Crippen LogP contribution in [0.5, 0.6) is 0 Å². The van der Waals surface area contributed by atoms with E-state index in [9.17, 15) is 14.7 Å². The molecule has 85 valence electrons. The fourth-order valence-electron chi connectivity index (χ4n) is 1.16. The van der Waals surface area contributed by atoms with E-state index in [0.29, 0.717) is 12.8 Å². The Kier molecular flexibility index (Phi) is 2.93. The molecule has 1 aliphatic rings. The van der Waals surface area contributed by atoms with Gasteiger partial charge in [-0.25, -0.2) is 14.7 Å². The van der Waals surface area contributed by atoms with E-state index in [1.54, 1.807) is 20.8 Å². The highest BCUT2D eigenvalue weighted by molar-refractivity contribution is 5.79. The minimum Gasteiger partial charge on any atom is -0.444 e. The molecule has 0 aliphatic heterocycles. The molecule has 0 spiro atoms. The normalized spacial score (nSPS) is 18.1. The van der Waals surface area contributed by atoms with Gasteiger partial charge in [-0.2, -0.15) is 0 Å². The molecule has 1 radical (unpaired) electrons. The Hall–Kier alpha value is -1.26. The van der Waals surface area contributed by atoms with Crippen LogP contribution in [0.2, 0.25) is 0 Å². The van der Waals surface area contributed by atoms with Crippen LogP contribution in [0, 0.1) is 5.41 Å². The van der Waals surface area contributed by atoms with Crippen molar-refractivity contribution < 1.29 is 19.4 Å². The largest absolute Gasteiger partial charge is 0.444 e. The summed E-state index contributed by atoms with van der Waals surface area (Å²) >= 11 is 0. The second kappa shape index (κ2) is 3.72. The molecular formula is C10H16NO4. The summed E-state index contributed by atoms with van der Waals surface area (Å²) in [6, 6.07) is 0. The molecule has 15 heavy (non-hydrogen) atoms. The zero-order valence-electron chi connectivity index (χ0n) is 9.25. The summed E-state index contributed by atoms with van der Waals surface area (Å²) in [5, 5.41) is 13.1. The van der Waals surface area contributed by atoms with Crippen molar-refractivity contribution >= 4 is 12.1 Å². The second-order valence-electron chi connectivity index (χ2n) is 4.92. The number of amides is 1. The van der Waals surface area contributed by atoms with E-state index in [1.165, 1.54) is 0 Å². The molecule has 0 aromatic heterocycles. The summed E-state index contributed by atoms with van der Waals surface area (Å²) in [5.74, 6) is -1.10. The van der Waals surface area contributed by atoms with Crippen molar-refractivity contribution in [2.45, 2.75) is 39.2 Å². The zero-order chi connectivity index (χ0) is 11.7. The van der Waals surface area contributed by atoms with Crippen LogP contribution in [0.25, 0.3) is 0 Å². The highest BCUT2D eigenvalue weighted by Gasteiger charge is 2.51. The highest BCUT2D eigenvalue weighted by Crippen LogP contribution is 2.45. The van der Waals surface area contributed by atoms with Gasteiger partial charge in [-0.15, -0.1) is 0 Å². The topological polar surface area (TPSA) is 75.3 Å². The van der Waals surface area contributed by atoms with Gasteiger partial charge in [-0.1, -0.05) is 0 Å². The van der Waals surface area contributed by atoms with Crippen LogP contribution in [0.15, 0.2) is 0 Å². The zero-order valence-corrected chi connectivity index (χ0v) is 9.25. The van der Waals surface area contributed by atoms with E-state index >= 15 is 0 Å². The molecule has 1 N–H and O–H groups in total. The van der Waals surface area contributed by atoms with E-state index in [2.05, 4.69) is 5.32 Å². The predicted octanol–water partition coefficient (Wildman–Crippen LogP) is 1.25. The lowest BCUT2D eigenvalue weighted by Gasteiger charge is -2.20. The molecule has 0 aromatic carbocycles. The van der Waals surface area contributed by atoms with Gasteiger partial charge in [0.2, 0.25) is 0 Å². The fourth-order valence-corrected chi connectivity index (χ4v) is 1.16. The Bertz CT molecular complexity index is 276. The molecule has 1 saturated carbocycles. The summed E-state index contributed by atoms with van der Waals surface area (Å²) in [4.78, 5) is 21.9. The standard InChI is InChI=1S/C10H16NO4/c1-9(2,3)15-8(14)11-6-10(4-5-10)7(12)13/h4-6H2,1-3H3,(H,11,14). The van der Waals surface area contributed by atoms with E-state index in [-0.39, 0.29) is 6.54 Å². The van der Waals surface area contributed by atoms with Crippen molar-refractivity contribution in [1.29, 1.82) is 0 Å². The summed E-state index contributed by atoms with van der Waals surface area (Å²) < 4.78 is 4.98. The third kappa shape index (κ3) is 3.42. The molecule has 5 nitrogen and oxygen atoms in total. The number of alkyl carbamates (subject to hydrolysis) is 1. The van der Waals surface area contributed by atoms with Crippen molar-refractivity contribution in [3.05, 3.63) is 0 Å². The Labute approximate surface area is 88.8 Å². The van der Waals surface area contributed by atoms with Gasteiger partial charge in [-0.05, 0) is 33.6 Å². The maximum Gasteiger partial charge on any atom is 0.407 e. The molecule has 0 atom stereocenters. The lowest BCUT2D eigenvalue weighted by molar-refractivity contribution is -0.149. The van der Waals surface area contributed by atoms with Gasteiger partial charge >= 0.3 is 12.1 Å². The van der Waals surface area contributed by atoms with E-state index in [0.717, 1.165) is 0 Å². The minimum atomic E-state index is -1.10. The second-order valence-corrected chi connectivity index (χ2v) is 4.92. The SMILES string of the molecule is CC(C)(C)OC(=O)NCC1(C([O])=O)CC1. The third-order valence-corrected chi connectivity index (χ3v) is 2.26. The number of nitrogens with one attached hydrogen (secondary N) is 1. The molecule has 0 bridgehead atoms. The molecule has 0 saturated heterocycles. The average molecular weight is 214 g/mol. The first-order valence-corrected chi connectivity index (χ1v) is 4.93. The molecule has 1 rings (SSSR count). The van der Waals surface area contributed by atoms with Crippen LogP contribution in [0.4, 0.5) is 4.79 Å². The lowest BCUT2D eigenvalue weighted by Crippen LogP contribution is -2.37. The molecule has 0 aromatic rings. The van der Waals surface area contributed by atoms with Gasteiger partial charge in [0, 0.05) is 6.54 Å². The Morgan fingerprint density at radius 1 is 1.33 bits per heavy atom. The lowest BCUT2D eigenvalue weighted by atomic mass is 10.1. The molecule has 1 amide bonds. The van der Waals surface area contributed by atoms with Gasteiger partial charge in [0.05, 0.1) is 5.41 Å². The van der Waals surface area contributed by atoms with E-state index in [1.807, 2.05) is 0 Å². The minimum absolute atomic E-state index is 0.0875. The van der Waals surface area contributed by atoms with Crippen LogP contribution in [-0.2, 0) is 14.6 Å². The molecule has 0 unspecified atom stereocenters. The van der Waals surface area contributed by atoms with Gasteiger partial charge in [-0.3, -0.25) is 0 Å². The monoisotopic (exact) mass is 214 g/mol. The first kappa shape index (κ1) is 11.8. The number of carbonyl (C=O) groups is 2. The molecule has 5 heteroatoms. The van der Waals surface area contributed by atoms with E-state index in [4.69, 9.17) is 4.74 Å². The van der Waals surface area contributed by atoms with Crippen molar-refractivity contribution in [2.24, 2.45) is 5.41 Å². The van der Waals surface area contributed by atoms with Crippen LogP contribution in [0.1, 0.15) is 33.6 Å². The van der Waals surface area contributed by atoms with Crippen molar-refractivity contribution in [3.8, 4) is 0 Å². The molecule has 1 fully saturated rings. The van der Waals surface area contributed by atoms with Crippen LogP contribution in [-0.4, -0.2) is 24.2 Å². The number of hydrogen-bond acceptors (Lipinski definition) is 3. The van der Waals surface area contributed by atoms with Crippen LogP contribution < -0.4 is 5.32 Å². The van der Waals surface area contributed by atoms with Gasteiger partial charge in [0.1, 0.15) is 5.60 Å². The highest BCUT2D eigenvalue weighted by atomic mass is 16.6. The van der Waals surface area contributed by atoms with Gasteiger partial charge in [0.25, 0.3) is 0 Å². The van der Waals surface area contributed by atoms with Crippen LogP contribution >= 0.6 is 0 Å². The van der Waals surface area contributed by atoms with Crippen molar-refractivity contribution in [3.63, 3.8) is 0 Å². The number of hydrogen-bond donors (Lipinski definition) is 1. The predicted molar refractivity (Wildman–Crippen MR) is 51.6 cm³/mol. The average Bonchev–Trinajstić information content (AvgIpc) is 2.77. The number of carbonyl (C=O) groups excluding carboxylic acids is 2. The molecular weight excluding hydrogens is 198 g/mol. The first-order valence-electron chi connectivity index (χ1n) is 4.93. The summed E-state index contributed by atoms with van der Waals surface area (Å²) in [5.41, 5.74) is -1.42. The van der Waals surface area contributed by atoms with Crippen LogP contribution in [0.3, 0.4) is 0 Å². The maximum atomic E-state index is 11.2. The maximum absolute atomic E-state index is 11.2. The Balaban J connectivity index is 2.32. The van der Waals surface area contributed by atoms with Gasteiger partial charge in [0.15, 0.2) is 0 Å². The Morgan fingerprint density at radius 2 is 1.87 bits per heavy atom. The summed E-state index contributed by atoms with van der Waals surface area (Å²) in [7, 11) is 0. The third-order valence-electron chi connectivity index (χ3n) is 2.26. The smallest absolute Gasteiger partial charge is 0.407 e. The molecule has 0 heterocycles. The Morgan fingerprint density at radius 3 is 2.20 bits per heavy atom. The van der Waals surface area contributed by atoms with Crippen molar-refractivity contribution in [2.75, 3.05) is 6.54 Å². The number of rotatable bonds is 3. The summed E-state index contributed by atoms with van der Waals surface area (Å²) in [6.07, 6.45) is 0.533. The fraction of sp³-hybridized carbons (Fsp3) is 0.800. The van der Waals surface area contributed by atoms with E-state index < -0.39 is 23.1 Å². The van der Waals surface area contributed by atoms with Crippen molar-refractivity contribution in [1.82, 2.24) is 5.32 Å². The number of ether oxygens (including phenoxy) is 1. The summed E-state index contributed by atoms with van der Waals surface area (Å²) in [6.45, 7) is 5.33. The quantitative estimate of drug-likeness (QED) is 0.768. The van der Waals surface area contributed by atoms with Gasteiger partial charge < -0.3 is 10.1 Å². The molecule has 1 aliphatic carbocycles.